The molecule has 1 unspecified atom stereocenters. The molecule has 0 aliphatic carbocycles. The zero-order chi connectivity index (χ0) is 19.0. The van der Waals surface area contributed by atoms with Gasteiger partial charge in [-0.25, -0.2) is 8.42 Å². The van der Waals surface area contributed by atoms with Crippen molar-refractivity contribution in [3.05, 3.63) is 52.2 Å². The van der Waals surface area contributed by atoms with Gasteiger partial charge in [-0.15, -0.1) is 24.0 Å². The van der Waals surface area contributed by atoms with Crippen LogP contribution in [0.25, 0.3) is 0 Å². The van der Waals surface area contributed by atoms with Gasteiger partial charge >= 0.3 is 0 Å². The van der Waals surface area contributed by atoms with Crippen LogP contribution in [0, 0.1) is 0 Å². The summed E-state index contributed by atoms with van der Waals surface area (Å²) >= 11 is 1.71. The lowest BCUT2D eigenvalue weighted by Crippen LogP contribution is -2.38. The molecular weight excluding hydrogens is 493 g/mol. The highest BCUT2D eigenvalue weighted by molar-refractivity contribution is 14.0. The quantitative estimate of drug-likeness (QED) is 0.316. The molecule has 0 saturated carbocycles. The van der Waals surface area contributed by atoms with Crippen molar-refractivity contribution < 1.29 is 8.42 Å². The van der Waals surface area contributed by atoms with E-state index >= 15 is 0 Å². The summed E-state index contributed by atoms with van der Waals surface area (Å²) in [4.78, 5) is 5.02. The zero-order valence-electron chi connectivity index (χ0n) is 15.9. The average Bonchev–Trinajstić information content (AvgIpc) is 3.14. The lowest BCUT2D eigenvalue weighted by Gasteiger charge is -2.13. The Morgan fingerprint density at radius 1 is 1.19 bits per heavy atom. The number of benzene rings is 1. The van der Waals surface area contributed by atoms with Crippen molar-refractivity contribution in [3.63, 3.8) is 0 Å². The second-order valence-electron chi connectivity index (χ2n) is 6.27. The summed E-state index contributed by atoms with van der Waals surface area (Å²) in [6.07, 6.45) is 2.02. The Balaban J connectivity index is 0.00000364. The predicted molar refractivity (Wildman–Crippen MR) is 125 cm³/mol. The minimum absolute atomic E-state index is 0. The highest BCUT2D eigenvalue weighted by Gasteiger charge is 2.07. The molecular formula is C19H28IN3O2S2. The van der Waals surface area contributed by atoms with Gasteiger partial charge in [0.2, 0.25) is 0 Å². The summed E-state index contributed by atoms with van der Waals surface area (Å²) in [6.45, 7) is 6.50. The molecule has 0 fully saturated rings. The molecule has 0 radical (unpaired) electrons. The van der Waals surface area contributed by atoms with E-state index in [0.29, 0.717) is 10.8 Å². The Morgan fingerprint density at radius 2 is 1.89 bits per heavy atom. The first-order chi connectivity index (χ1) is 12.4. The van der Waals surface area contributed by atoms with Crippen molar-refractivity contribution in [2.75, 3.05) is 25.9 Å². The maximum atomic E-state index is 11.5. The number of hydrogen-bond donors (Lipinski definition) is 2. The van der Waals surface area contributed by atoms with Crippen LogP contribution < -0.4 is 10.6 Å². The van der Waals surface area contributed by atoms with Crippen LogP contribution in [0.15, 0.2) is 51.0 Å². The van der Waals surface area contributed by atoms with E-state index < -0.39 is 9.84 Å². The van der Waals surface area contributed by atoms with Crippen LogP contribution in [-0.4, -0.2) is 40.3 Å². The van der Waals surface area contributed by atoms with E-state index in [0.717, 1.165) is 37.6 Å². The number of hydrogen-bond acceptors (Lipinski definition) is 4. The molecule has 2 aromatic rings. The summed E-state index contributed by atoms with van der Waals surface area (Å²) in [7, 11) is -3.14. The maximum Gasteiger partial charge on any atom is 0.191 e. The van der Waals surface area contributed by atoms with Crippen molar-refractivity contribution in [2.24, 2.45) is 4.99 Å². The van der Waals surface area contributed by atoms with E-state index in [-0.39, 0.29) is 24.0 Å². The standard InChI is InChI=1S/C19H27N3O2S2.HI/c1-4-20-19(22-13-15(2)17-10-12-25-14-17)21-11-9-16-5-7-18(8-6-16)26(3,23)24;/h5-8,10,12,14-15H,4,9,11,13H2,1-3H3,(H2,20,21,22);1H. The summed E-state index contributed by atoms with van der Waals surface area (Å²) < 4.78 is 23.0. The Kier molecular flexibility index (Phi) is 10.3. The second kappa shape index (κ2) is 11.7. The molecule has 0 aliphatic heterocycles. The highest BCUT2D eigenvalue weighted by atomic mass is 127. The number of halogens is 1. The molecule has 8 heteroatoms. The van der Waals surface area contributed by atoms with Crippen molar-refractivity contribution in [2.45, 2.75) is 31.1 Å². The lowest BCUT2D eigenvalue weighted by atomic mass is 10.1. The van der Waals surface area contributed by atoms with E-state index in [1.165, 1.54) is 11.8 Å². The summed E-state index contributed by atoms with van der Waals surface area (Å²) in [5.41, 5.74) is 2.41. The number of nitrogens with one attached hydrogen (secondary N) is 2. The molecule has 2 rings (SSSR count). The van der Waals surface area contributed by atoms with Gasteiger partial charge in [-0.05, 0) is 53.4 Å². The lowest BCUT2D eigenvalue weighted by molar-refractivity contribution is 0.602. The molecule has 1 heterocycles. The van der Waals surface area contributed by atoms with Crippen LogP contribution >= 0.6 is 35.3 Å². The van der Waals surface area contributed by atoms with Crippen molar-refractivity contribution in [1.29, 1.82) is 0 Å². The van der Waals surface area contributed by atoms with Gasteiger partial charge in [-0.1, -0.05) is 19.1 Å². The van der Waals surface area contributed by atoms with Gasteiger partial charge in [0.05, 0.1) is 4.90 Å². The minimum Gasteiger partial charge on any atom is -0.357 e. The largest absolute Gasteiger partial charge is 0.357 e. The van der Waals surface area contributed by atoms with Crippen LogP contribution in [0.5, 0.6) is 0 Å². The van der Waals surface area contributed by atoms with Gasteiger partial charge in [-0.2, -0.15) is 11.3 Å². The van der Waals surface area contributed by atoms with Crippen LogP contribution in [0.3, 0.4) is 0 Å². The van der Waals surface area contributed by atoms with E-state index in [9.17, 15) is 8.42 Å². The second-order valence-corrected chi connectivity index (χ2v) is 9.07. The third kappa shape index (κ3) is 8.18. The molecule has 0 aliphatic rings. The number of thiophene rings is 1. The monoisotopic (exact) mass is 521 g/mol. The normalized spacial score (nSPS) is 12.9. The predicted octanol–water partition coefficient (Wildman–Crippen LogP) is 3.67. The summed E-state index contributed by atoms with van der Waals surface area (Å²) in [5, 5.41) is 10.9. The van der Waals surface area contributed by atoms with Crippen LogP contribution in [0.1, 0.15) is 30.9 Å². The SMILES string of the molecule is CCNC(=NCC(C)c1ccsc1)NCCc1ccc(S(C)(=O)=O)cc1.I. The van der Waals surface area contributed by atoms with Crippen molar-refractivity contribution in [1.82, 2.24) is 10.6 Å². The van der Waals surface area contributed by atoms with Crippen molar-refractivity contribution >= 4 is 51.1 Å². The van der Waals surface area contributed by atoms with Crippen LogP contribution in [0.4, 0.5) is 0 Å². The molecule has 0 amide bonds. The highest BCUT2D eigenvalue weighted by Crippen LogP contribution is 2.18. The topological polar surface area (TPSA) is 70.6 Å². The van der Waals surface area contributed by atoms with E-state index in [1.807, 2.05) is 19.1 Å². The number of rotatable bonds is 8. The molecule has 1 aromatic carbocycles. The molecule has 5 nitrogen and oxygen atoms in total. The molecule has 1 aromatic heterocycles. The average molecular weight is 521 g/mol. The van der Waals surface area contributed by atoms with Crippen molar-refractivity contribution in [3.8, 4) is 0 Å². The third-order valence-corrected chi connectivity index (χ3v) is 5.87. The van der Waals surface area contributed by atoms with Gasteiger partial charge in [0.1, 0.15) is 0 Å². The van der Waals surface area contributed by atoms with E-state index in [2.05, 4.69) is 39.4 Å². The number of nitrogens with zero attached hydrogens (tertiary/aromatic N) is 1. The zero-order valence-corrected chi connectivity index (χ0v) is 19.9. The number of guanidine groups is 1. The first-order valence-electron chi connectivity index (χ1n) is 8.73. The fraction of sp³-hybridized carbons (Fsp3) is 0.421. The van der Waals surface area contributed by atoms with Gasteiger partial charge in [0.25, 0.3) is 0 Å². The number of sulfone groups is 1. The smallest absolute Gasteiger partial charge is 0.191 e. The summed E-state index contributed by atoms with van der Waals surface area (Å²) in [6, 6.07) is 9.19. The molecule has 0 spiro atoms. The molecule has 0 bridgehead atoms. The van der Waals surface area contributed by atoms with Crippen LogP contribution in [-0.2, 0) is 16.3 Å². The van der Waals surface area contributed by atoms with Gasteiger partial charge < -0.3 is 10.6 Å². The van der Waals surface area contributed by atoms with E-state index in [4.69, 9.17) is 0 Å². The first-order valence-corrected chi connectivity index (χ1v) is 11.6. The third-order valence-electron chi connectivity index (χ3n) is 4.04. The molecule has 2 N–H and O–H groups in total. The Hall–Kier alpha value is -1.13. The Morgan fingerprint density at radius 3 is 2.44 bits per heavy atom. The summed E-state index contributed by atoms with van der Waals surface area (Å²) in [5.74, 6) is 1.20. The van der Waals surface area contributed by atoms with Gasteiger partial charge in [-0.3, -0.25) is 4.99 Å². The van der Waals surface area contributed by atoms with E-state index in [1.54, 1.807) is 23.5 Å². The first kappa shape index (κ1) is 23.9. The maximum absolute atomic E-state index is 11.5. The minimum atomic E-state index is -3.14. The molecule has 150 valence electrons. The number of aliphatic imine (C=N–C) groups is 1. The Bertz CT molecular complexity index is 804. The molecule has 1 atom stereocenters. The van der Waals surface area contributed by atoms with Gasteiger partial charge in [0.15, 0.2) is 15.8 Å². The fourth-order valence-corrected chi connectivity index (χ4v) is 3.87. The van der Waals surface area contributed by atoms with Crippen LogP contribution in [0.2, 0.25) is 0 Å². The van der Waals surface area contributed by atoms with Gasteiger partial charge in [0, 0.05) is 31.8 Å². The fourth-order valence-electron chi connectivity index (χ4n) is 2.46. The molecule has 27 heavy (non-hydrogen) atoms. The molecule has 0 saturated heterocycles. The Labute approximate surface area is 183 Å².